The molecule has 2 saturated carbocycles. The Morgan fingerprint density at radius 2 is 1.76 bits per heavy atom. The Kier molecular flexibility index (Phi) is 5.25. The van der Waals surface area contributed by atoms with Crippen LogP contribution in [0.5, 0.6) is 0 Å². The van der Waals surface area contributed by atoms with E-state index in [1.54, 1.807) is 12.1 Å². The van der Waals surface area contributed by atoms with Crippen LogP contribution in [0.3, 0.4) is 0 Å². The van der Waals surface area contributed by atoms with Gasteiger partial charge in [0.15, 0.2) is 0 Å². The number of carbonyl (C=O) groups excluding carboxylic acids is 1. The SMILES string of the molecule is O=C(c1cccc(S(=O)(=O)N2CCC(F)C2)c1)N1CC2(CCC3(CC3)CC2)c2cc(Br)ccc21. The Bertz CT molecular complexity index is 1270. The molecule has 2 aromatic carbocycles. The van der Waals surface area contributed by atoms with Crippen LogP contribution in [0.25, 0.3) is 0 Å². The highest BCUT2D eigenvalue weighted by Gasteiger charge is 2.53. The van der Waals surface area contributed by atoms with Gasteiger partial charge in [0.1, 0.15) is 6.17 Å². The minimum atomic E-state index is -3.83. The molecule has 6 rings (SSSR count). The molecule has 1 amide bonds. The van der Waals surface area contributed by atoms with Crippen molar-refractivity contribution in [1.82, 2.24) is 4.31 Å². The Labute approximate surface area is 208 Å². The lowest BCUT2D eigenvalue weighted by molar-refractivity contribution is 0.0980. The monoisotopic (exact) mass is 546 g/mol. The summed E-state index contributed by atoms with van der Waals surface area (Å²) in [7, 11) is -3.83. The van der Waals surface area contributed by atoms with Gasteiger partial charge in [-0.3, -0.25) is 4.79 Å². The standard InChI is InChI=1S/C26H28BrFN2O3S/c27-19-4-5-23-22(15-19)26(11-9-25(7-8-25)10-12-26)17-30(23)24(31)18-2-1-3-21(14-18)34(32,33)29-13-6-20(28)16-29/h1-5,14-15,20H,6-13,16-17H2. The van der Waals surface area contributed by atoms with E-state index < -0.39 is 16.2 Å². The number of rotatable bonds is 3. The molecular weight excluding hydrogens is 519 g/mol. The van der Waals surface area contributed by atoms with Crippen LogP contribution >= 0.6 is 15.9 Å². The molecule has 3 fully saturated rings. The molecule has 0 aromatic heterocycles. The molecule has 0 radical (unpaired) electrons. The number of carbonyl (C=O) groups is 1. The van der Waals surface area contributed by atoms with Crippen molar-refractivity contribution in [1.29, 1.82) is 0 Å². The molecular formula is C26H28BrFN2O3S. The van der Waals surface area contributed by atoms with Gasteiger partial charge < -0.3 is 4.90 Å². The van der Waals surface area contributed by atoms with Crippen LogP contribution in [-0.4, -0.2) is 44.4 Å². The largest absolute Gasteiger partial charge is 0.307 e. The second kappa shape index (κ2) is 7.87. The summed E-state index contributed by atoms with van der Waals surface area (Å²) in [6.45, 7) is 0.666. The summed E-state index contributed by atoms with van der Waals surface area (Å²) in [6, 6.07) is 12.3. The van der Waals surface area contributed by atoms with Crippen LogP contribution in [0, 0.1) is 5.41 Å². The second-order valence-electron chi connectivity index (χ2n) is 10.6. The van der Waals surface area contributed by atoms with Crippen molar-refractivity contribution >= 4 is 37.5 Å². The number of anilines is 1. The summed E-state index contributed by atoms with van der Waals surface area (Å²) >= 11 is 3.62. The fourth-order valence-corrected chi connectivity index (χ4v) is 8.08. The first-order chi connectivity index (χ1) is 16.2. The number of nitrogens with zero attached hydrogens (tertiary/aromatic N) is 2. The predicted octanol–water partition coefficient (Wildman–Crippen LogP) is 5.43. The molecule has 2 spiro atoms. The van der Waals surface area contributed by atoms with Crippen LogP contribution in [-0.2, 0) is 15.4 Å². The van der Waals surface area contributed by atoms with Gasteiger partial charge in [-0.1, -0.05) is 22.0 Å². The smallest absolute Gasteiger partial charge is 0.258 e. The predicted molar refractivity (Wildman–Crippen MR) is 132 cm³/mol. The molecule has 4 aliphatic rings. The molecule has 1 atom stereocenters. The highest BCUT2D eigenvalue weighted by molar-refractivity contribution is 9.10. The van der Waals surface area contributed by atoms with E-state index in [-0.39, 0.29) is 35.7 Å². The summed E-state index contributed by atoms with van der Waals surface area (Å²) in [5.74, 6) is -0.186. The van der Waals surface area contributed by atoms with Gasteiger partial charge in [-0.25, -0.2) is 12.8 Å². The Morgan fingerprint density at radius 3 is 2.44 bits per heavy atom. The quantitative estimate of drug-likeness (QED) is 0.515. The molecule has 2 aliphatic carbocycles. The van der Waals surface area contributed by atoms with E-state index in [4.69, 9.17) is 0 Å². The van der Waals surface area contributed by atoms with Gasteiger partial charge in [-0.05, 0) is 92.3 Å². The van der Waals surface area contributed by atoms with E-state index in [9.17, 15) is 17.6 Å². The summed E-state index contributed by atoms with van der Waals surface area (Å²) in [5.41, 5.74) is 3.00. The van der Waals surface area contributed by atoms with Crippen molar-refractivity contribution in [3.05, 3.63) is 58.1 Å². The average Bonchev–Trinajstić information content (AvgIpc) is 3.32. The summed E-state index contributed by atoms with van der Waals surface area (Å²) < 4.78 is 41.9. The number of hydrogen-bond acceptors (Lipinski definition) is 3. The maximum absolute atomic E-state index is 13.8. The van der Waals surface area contributed by atoms with E-state index in [0.29, 0.717) is 17.5 Å². The van der Waals surface area contributed by atoms with Crippen molar-refractivity contribution in [3.8, 4) is 0 Å². The molecule has 2 aliphatic heterocycles. The van der Waals surface area contributed by atoms with Gasteiger partial charge in [-0.2, -0.15) is 4.31 Å². The fraction of sp³-hybridized carbons (Fsp3) is 0.500. The molecule has 8 heteroatoms. The minimum Gasteiger partial charge on any atom is -0.307 e. The first-order valence-electron chi connectivity index (χ1n) is 12.1. The van der Waals surface area contributed by atoms with Gasteiger partial charge in [0.25, 0.3) is 5.91 Å². The number of halogens is 2. The number of hydrogen-bond donors (Lipinski definition) is 0. The third-order valence-electron chi connectivity index (χ3n) is 8.56. The lowest BCUT2D eigenvalue weighted by Gasteiger charge is -2.38. The number of amides is 1. The normalized spacial score (nSPS) is 25.1. The molecule has 180 valence electrons. The Morgan fingerprint density at radius 1 is 1.03 bits per heavy atom. The molecule has 1 unspecified atom stereocenters. The van der Waals surface area contributed by atoms with Crippen molar-refractivity contribution in [2.45, 2.75) is 61.4 Å². The average molecular weight is 547 g/mol. The van der Waals surface area contributed by atoms with E-state index >= 15 is 0 Å². The van der Waals surface area contributed by atoms with Crippen molar-refractivity contribution in [2.24, 2.45) is 5.41 Å². The summed E-state index contributed by atoms with van der Waals surface area (Å²) in [6.07, 6.45) is 6.31. The zero-order valence-corrected chi connectivity index (χ0v) is 21.4. The van der Waals surface area contributed by atoms with E-state index in [0.717, 1.165) is 23.0 Å². The van der Waals surface area contributed by atoms with Crippen LogP contribution in [0.15, 0.2) is 51.8 Å². The van der Waals surface area contributed by atoms with Gasteiger partial charge in [0.2, 0.25) is 10.0 Å². The third kappa shape index (κ3) is 3.64. The third-order valence-corrected chi connectivity index (χ3v) is 10.9. The molecule has 2 aromatic rings. The highest BCUT2D eigenvalue weighted by atomic mass is 79.9. The Balaban J connectivity index is 1.32. The van der Waals surface area contributed by atoms with Crippen molar-refractivity contribution < 1.29 is 17.6 Å². The molecule has 0 N–H and O–H groups in total. The Hall–Kier alpha value is -1.77. The lowest BCUT2D eigenvalue weighted by atomic mass is 9.66. The van der Waals surface area contributed by atoms with E-state index in [1.165, 1.54) is 47.7 Å². The molecule has 5 nitrogen and oxygen atoms in total. The number of benzene rings is 2. The number of alkyl halides is 1. The molecule has 0 bridgehead atoms. The van der Waals surface area contributed by atoms with Crippen LogP contribution in [0.1, 0.15) is 60.9 Å². The summed E-state index contributed by atoms with van der Waals surface area (Å²) in [4.78, 5) is 15.6. The topological polar surface area (TPSA) is 57.7 Å². The second-order valence-corrected chi connectivity index (χ2v) is 13.5. The van der Waals surface area contributed by atoms with Gasteiger partial charge in [0, 0.05) is 40.8 Å². The van der Waals surface area contributed by atoms with Crippen molar-refractivity contribution in [3.63, 3.8) is 0 Å². The van der Waals surface area contributed by atoms with Gasteiger partial charge in [0.05, 0.1) is 4.90 Å². The fourth-order valence-electron chi connectivity index (χ4n) is 6.19. The first-order valence-corrected chi connectivity index (χ1v) is 14.3. The van der Waals surface area contributed by atoms with Crippen LogP contribution in [0.4, 0.5) is 10.1 Å². The lowest BCUT2D eigenvalue weighted by Crippen LogP contribution is -2.40. The molecule has 2 heterocycles. The number of sulfonamides is 1. The maximum Gasteiger partial charge on any atom is 0.258 e. The number of fused-ring (bicyclic) bond motifs is 2. The minimum absolute atomic E-state index is 0.0437. The van der Waals surface area contributed by atoms with Crippen LogP contribution in [0.2, 0.25) is 0 Å². The molecule has 34 heavy (non-hydrogen) atoms. The maximum atomic E-state index is 13.8. The van der Waals surface area contributed by atoms with E-state index in [2.05, 4.69) is 22.0 Å². The van der Waals surface area contributed by atoms with E-state index in [1.807, 2.05) is 17.0 Å². The molecule has 1 saturated heterocycles. The summed E-state index contributed by atoms with van der Waals surface area (Å²) in [5, 5.41) is 0. The van der Waals surface area contributed by atoms with Gasteiger partial charge >= 0.3 is 0 Å². The highest BCUT2D eigenvalue weighted by Crippen LogP contribution is 2.62. The first kappa shape index (κ1) is 22.7. The zero-order chi connectivity index (χ0) is 23.7. The van der Waals surface area contributed by atoms with Crippen LogP contribution < -0.4 is 4.90 Å². The van der Waals surface area contributed by atoms with Crippen molar-refractivity contribution in [2.75, 3.05) is 24.5 Å². The van der Waals surface area contributed by atoms with Gasteiger partial charge in [-0.15, -0.1) is 0 Å². The zero-order valence-electron chi connectivity index (χ0n) is 19.0.